The van der Waals surface area contributed by atoms with E-state index in [1.54, 1.807) is 36.2 Å². The first-order valence-electron chi connectivity index (χ1n) is 10.8. The Labute approximate surface area is 188 Å². The summed E-state index contributed by atoms with van der Waals surface area (Å²) in [7, 11) is 5.64. The number of para-hydroxylation sites is 1. The molecule has 3 rings (SSSR count). The largest absolute Gasteiger partial charge is 0.486 e. The van der Waals surface area contributed by atoms with Crippen LogP contribution in [0.2, 0.25) is 0 Å². The van der Waals surface area contributed by atoms with Crippen LogP contribution in [0.5, 0.6) is 5.75 Å². The zero-order valence-electron chi connectivity index (χ0n) is 19.6. The third-order valence-corrected chi connectivity index (χ3v) is 5.72. The fourth-order valence-corrected chi connectivity index (χ4v) is 3.93. The summed E-state index contributed by atoms with van der Waals surface area (Å²) < 4.78 is 7.93. The summed E-state index contributed by atoms with van der Waals surface area (Å²) in [5, 5.41) is 16.9. The molecule has 0 spiro atoms. The Balaban J connectivity index is 2.05. The lowest BCUT2D eigenvalue weighted by atomic mass is 9.99. The normalized spacial score (nSPS) is 19.8. The third-order valence-electron chi connectivity index (χ3n) is 5.72. The van der Waals surface area contributed by atoms with Crippen LogP contribution in [0.25, 0.3) is 0 Å². The molecule has 0 aliphatic carbocycles. The molecular weight excluding hydrogens is 410 g/mol. The molecule has 2 heterocycles. The highest BCUT2D eigenvalue weighted by atomic mass is 16.5. The first kappa shape index (κ1) is 23.7. The fourth-order valence-electron chi connectivity index (χ4n) is 3.93. The monoisotopic (exact) mass is 443 g/mol. The van der Waals surface area contributed by atoms with Crippen LogP contribution in [-0.2, 0) is 7.05 Å². The van der Waals surface area contributed by atoms with Gasteiger partial charge in [0.05, 0.1) is 29.6 Å². The average Bonchev–Trinajstić information content (AvgIpc) is 3.08. The first-order valence-corrected chi connectivity index (χ1v) is 10.8. The Morgan fingerprint density at radius 3 is 2.72 bits per heavy atom. The van der Waals surface area contributed by atoms with Gasteiger partial charge in [0.2, 0.25) is 0 Å². The molecule has 0 unspecified atom stereocenters. The summed E-state index contributed by atoms with van der Waals surface area (Å²) in [6, 6.07) is 6.51. The van der Waals surface area contributed by atoms with Crippen LogP contribution in [0.4, 0.5) is 5.69 Å². The van der Waals surface area contributed by atoms with Gasteiger partial charge in [0.15, 0.2) is 5.75 Å². The van der Waals surface area contributed by atoms with E-state index in [-0.39, 0.29) is 36.5 Å². The summed E-state index contributed by atoms with van der Waals surface area (Å²) in [5.41, 5.74) is 1.93. The molecule has 3 atom stereocenters. The van der Waals surface area contributed by atoms with Crippen LogP contribution >= 0.6 is 0 Å². The van der Waals surface area contributed by atoms with Crippen LogP contribution < -0.4 is 10.1 Å². The van der Waals surface area contributed by atoms with E-state index in [9.17, 15) is 14.7 Å². The van der Waals surface area contributed by atoms with Crippen molar-refractivity contribution in [2.75, 3.05) is 39.1 Å². The van der Waals surface area contributed by atoms with Crippen LogP contribution in [0, 0.1) is 12.8 Å². The maximum atomic E-state index is 13.4. The summed E-state index contributed by atoms with van der Waals surface area (Å²) in [5.74, 6) is -0.216. The highest BCUT2D eigenvalue weighted by Gasteiger charge is 2.34. The molecule has 0 bridgehead atoms. The van der Waals surface area contributed by atoms with Gasteiger partial charge in [-0.05, 0) is 46.1 Å². The van der Waals surface area contributed by atoms with Gasteiger partial charge in [-0.2, -0.15) is 5.10 Å². The minimum absolute atomic E-state index is 0.00646. The molecule has 9 heteroatoms. The molecule has 1 aliphatic heterocycles. The number of aryl methyl sites for hydroxylation is 2. The van der Waals surface area contributed by atoms with Gasteiger partial charge in [-0.15, -0.1) is 0 Å². The van der Waals surface area contributed by atoms with Gasteiger partial charge in [-0.25, -0.2) is 0 Å². The predicted octanol–water partition coefficient (Wildman–Crippen LogP) is 1.76. The number of rotatable bonds is 6. The second kappa shape index (κ2) is 9.70. The number of nitrogens with zero attached hydrogens (tertiary/aromatic N) is 4. The molecule has 2 amide bonds. The van der Waals surface area contributed by atoms with Crippen molar-refractivity contribution < 1.29 is 19.4 Å². The fraction of sp³-hybridized carbons (Fsp3) is 0.522. The minimum Gasteiger partial charge on any atom is -0.486 e. The maximum Gasteiger partial charge on any atom is 0.274 e. The van der Waals surface area contributed by atoms with E-state index in [0.717, 1.165) is 5.69 Å². The van der Waals surface area contributed by atoms with Crippen LogP contribution in [0.3, 0.4) is 0 Å². The lowest BCUT2D eigenvalue weighted by Crippen LogP contribution is -2.49. The van der Waals surface area contributed by atoms with Crippen molar-refractivity contribution in [3.05, 3.63) is 41.2 Å². The molecule has 2 N–H and O–H groups in total. The van der Waals surface area contributed by atoms with Gasteiger partial charge in [0, 0.05) is 26.1 Å². The highest BCUT2D eigenvalue weighted by Crippen LogP contribution is 2.35. The number of amides is 2. The Bertz CT molecular complexity index is 987. The standard InChI is InChI=1S/C23H33N5O4/c1-14-11-28(16(3)13-29)23(31)17-8-7-9-18(21(17)32-20(14)12-26(4)5)24-22(30)19-10-15(2)25-27(19)6/h7-10,14,16,20,29H,11-13H2,1-6H3,(H,24,30)/t14-,16-,20+/m0/s1. The third kappa shape index (κ3) is 4.94. The van der Waals surface area contributed by atoms with Crippen molar-refractivity contribution in [3.8, 4) is 5.75 Å². The van der Waals surface area contributed by atoms with E-state index in [0.29, 0.717) is 35.8 Å². The van der Waals surface area contributed by atoms with Crippen molar-refractivity contribution in [2.45, 2.75) is 32.9 Å². The van der Waals surface area contributed by atoms with Crippen LogP contribution in [-0.4, -0.2) is 82.4 Å². The number of carbonyl (C=O) groups is 2. The highest BCUT2D eigenvalue weighted by molar-refractivity contribution is 6.06. The number of carbonyl (C=O) groups excluding carboxylic acids is 2. The van der Waals surface area contributed by atoms with Crippen molar-refractivity contribution in [2.24, 2.45) is 13.0 Å². The molecule has 2 aromatic rings. The molecule has 174 valence electrons. The molecule has 1 aromatic heterocycles. The minimum atomic E-state index is -0.341. The Morgan fingerprint density at radius 1 is 1.41 bits per heavy atom. The maximum absolute atomic E-state index is 13.4. The summed E-state index contributed by atoms with van der Waals surface area (Å²) in [6.07, 6.45) is -0.220. The number of fused-ring (bicyclic) bond motifs is 1. The Kier molecular flexibility index (Phi) is 7.20. The topological polar surface area (TPSA) is 99.9 Å². The van der Waals surface area contributed by atoms with Gasteiger partial charge >= 0.3 is 0 Å². The van der Waals surface area contributed by atoms with E-state index in [2.05, 4.69) is 10.4 Å². The summed E-state index contributed by atoms with van der Waals surface area (Å²) in [6.45, 7) is 6.64. The molecule has 0 saturated carbocycles. The number of aliphatic hydroxyl groups is 1. The number of hydrogen-bond acceptors (Lipinski definition) is 6. The van der Waals surface area contributed by atoms with Gasteiger partial charge in [0.1, 0.15) is 11.8 Å². The van der Waals surface area contributed by atoms with E-state index in [1.165, 1.54) is 4.68 Å². The smallest absolute Gasteiger partial charge is 0.274 e. The number of nitrogens with one attached hydrogen (secondary N) is 1. The van der Waals surface area contributed by atoms with Gasteiger partial charge < -0.3 is 25.0 Å². The van der Waals surface area contributed by atoms with Gasteiger partial charge in [-0.1, -0.05) is 13.0 Å². The number of benzene rings is 1. The summed E-state index contributed by atoms with van der Waals surface area (Å²) >= 11 is 0. The van der Waals surface area contributed by atoms with Gasteiger partial charge in [0.25, 0.3) is 11.8 Å². The predicted molar refractivity (Wildman–Crippen MR) is 122 cm³/mol. The first-order chi connectivity index (χ1) is 15.1. The molecule has 9 nitrogen and oxygen atoms in total. The van der Waals surface area contributed by atoms with Crippen molar-refractivity contribution >= 4 is 17.5 Å². The van der Waals surface area contributed by atoms with Crippen LogP contribution in [0.15, 0.2) is 24.3 Å². The van der Waals surface area contributed by atoms with Crippen molar-refractivity contribution in [3.63, 3.8) is 0 Å². The number of aliphatic hydroxyl groups excluding tert-OH is 1. The second-order valence-corrected chi connectivity index (χ2v) is 8.82. The number of anilines is 1. The molecule has 0 radical (unpaired) electrons. The Hall–Kier alpha value is -2.91. The summed E-state index contributed by atoms with van der Waals surface area (Å²) in [4.78, 5) is 30.1. The van der Waals surface area contributed by atoms with Gasteiger partial charge in [-0.3, -0.25) is 14.3 Å². The molecule has 1 aromatic carbocycles. The molecule has 0 saturated heterocycles. The quantitative estimate of drug-likeness (QED) is 0.706. The zero-order chi connectivity index (χ0) is 23.6. The zero-order valence-corrected chi connectivity index (χ0v) is 19.6. The van der Waals surface area contributed by atoms with Crippen molar-refractivity contribution in [1.29, 1.82) is 0 Å². The van der Waals surface area contributed by atoms with E-state index in [4.69, 9.17) is 4.74 Å². The SMILES string of the molecule is Cc1cc(C(=O)Nc2cccc3c2O[C@H](CN(C)C)[C@@H](C)CN([C@@H](C)CO)C3=O)n(C)n1. The second-order valence-electron chi connectivity index (χ2n) is 8.82. The number of ether oxygens (including phenoxy) is 1. The van der Waals surface area contributed by atoms with Crippen LogP contribution in [0.1, 0.15) is 40.4 Å². The number of likely N-dealkylation sites (N-methyl/N-ethyl adjacent to an activating group) is 1. The molecule has 32 heavy (non-hydrogen) atoms. The average molecular weight is 444 g/mol. The van der Waals surface area contributed by atoms with E-state index in [1.807, 2.05) is 39.8 Å². The molecule has 1 aliphatic rings. The lowest BCUT2D eigenvalue weighted by molar-refractivity contribution is 0.0365. The van der Waals surface area contributed by atoms with E-state index >= 15 is 0 Å². The molecular formula is C23H33N5O4. The number of aromatic nitrogens is 2. The van der Waals surface area contributed by atoms with Crippen molar-refractivity contribution in [1.82, 2.24) is 19.6 Å². The lowest BCUT2D eigenvalue weighted by Gasteiger charge is -2.38. The molecule has 0 fully saturated rings. The Morgan fingerprint density at radius 2 is 2.12 bits per heavy atom. The number of hydrogen-bond donors (Lipinski definition) is 2. The van der Waals surface area contributed by atoms with E-state index < -0.39 is 0 Å².